The summed E-state index contributed by atoms with van der Waals surface area (Å²) in [6, 6.07) is 0. The maximum Gasteiger partial charge on any atom is 0.507 e. The van der Waals surface area contributed by atoms with E-state index < -0.39 is 7.82 Å². The van der Waals surface area contributed by atoms with Gasteiger partial charge in [0.05, 0.1) is 6.61 Å². The van der Waals surface area contributed by atoms with E-state index in [1.54, 1.807) is 0 Å². The predicted octanol–water partition coefficient (Wildman–Crippen LogP) is 0.0777. The van der Waals surface area contributed by atoms with Crippen LogP contribution in [0.1, 0.15) is 0 Å². The summed E-state index contributed by atoms with van der Waals surface area (Å²) in [6.45, 7) is 3.29. The molecule has 0 unspecified atom stereocenters. The molecule has 6 nitrogen and oxygen atoms in total. The number of phosphoric acid groups is 1. The SMILES string of the molecule is C=CCOP(=O)(ON)ON. The van der Waals surface area contributed by atoms with Crippen LogP contribution >= 0.6 is 7.82 Å². The summed E-state index contributed by atoms with van der Waals surface area (Å²) < 4.78 is 22.8. The zero-order valence-corrected chi connectivity index (χ0v) is 6.12. The molecule has 0 aliphatic heterocycles. The minimum atomic E-state index is -3.71. The molecule has 10 heavy (non-hydrogen) atoms. The lowest BCUT2D eigenvalue weighted by Gasteiger charge is -2.08. The van der Waals surface area contributed by atoms with Gasteiger partial charge in [0, 0.05) is 0 Å². The molecule has 0 heterocycles. The summed E-state index contributed by atoms with van der Waals surface area (Å²) in [5.41, 5.74) is 0. The van der Waals surface area contributed by atoms with Gasteiger partial charge in [-0.15, -0.1) is 6.58 Å². The van der Waals surface area contributed by atoms with Gasteiger partial charge in [-0.3, -0.25) is 4.52 Å². The van der Waals surface area contributed by atoms with E-state index in [0.29, 0.717) is 0 Å². The molecular formula is C3H9N2O4P. The van der Waals surface area contributed by atoms with Gasteiger partial charge < -0.3 is 0 Å². The summed E-state index contributed by atoms with van der Waals surface area (Å²) >= 11 is 0. The van der Waals surface area contributed by atoms with Crippen molar-refractivity contribution in [2.24, 2.45) is 11.8 Å². The third-order valence-corrected chi connectivity index (χ3v) is 1.59. The fourth-order valence-corrected chi connectivity index (χ4v) is 0.689. The van der Waals surface area contributed by atoms with Crippen LogP contribution in [0.5, 0.6) is 0 Å². The smallest absolute Gasteiger partial charge is 0.281 e. The van der Waals surface area contributed by atoms with Crippen LogP contribution in [-0.2, 0) is 18.3 Å². The van der Waals surface area contributed by atoms with E-state index in [-0.39, 0.29) is 6.61 Å². The number of rotatable bonds is 5. The highest BCUT2D eigenvalue weighted by Crippen LogP contribution is 2.45. The van der Waals surface area contributed by atoms with Gasteiger partial charge in [0.1, 0.15) is 0 Å². The van der Waals surface area contributed by atoms with E-state index in [0.717, 1.165) is 0 Å². The zero-order valence-electron chi connectivity index (χ0n) is 5.23. The fourth-order valence-electron chi connectivity index (χ4n) is 0.230. The molecule has 0 bridgehead atoms. The highest BCUT2D eigenvalue weighted by molar-refractivity contribution is 7.48. The first-order valence-corrected chi connectivity index (χ1v) is 3.77. The second-order valence-electron chi connectivity index (χ2n) is 1.24. The molecule has 0 rings (SSSR count). The van der Waals surface area contributed by atoms with E-state index in [1.165, 1.54) is 6.08 Å². The molecule has 0 aliphatic rings. The van der Waals surface area contributed by atoms with Crippen molar-refractivity contribution in [1.82, 2.24) is 0 Å². The zero-order chi connectivity index (χ0) is 8.04. The monoisotopic (exact) mass is 168 g/mol. The Kier molecular flexibility index (Phi) is 4.46. The van der Waals surface area contributed by atoms with Crippen LogP contribution in [0.15, 0.2) is 12.7 Å². The van der Waals surface area contributed by atoms with Crippen LogP contribution < -0.4 is 11.8 Å². The van der Waals surface area contributed by atoms with Crippen LogP contribution in [0, 0.1) is 0 Å². The van der Waals surface area contributed by atoms with Crippen molar-refractivity contribution in [3.63, 3.8) is 0 Å². The van der Waals surface area contributed by atoms with E-state index in [9.17, 15) is 4.57 Å². The highest BCUT2D eigenvalue weighted by Gasteiger charge is 2.23. The minimum Gasteiger partial charge on any atom is -0.281 e. The Morgan fingerprint density at radius 1 is 1.50 bits per heavy atom. The van der Waals surface area contributed by atoms with Gasteiger partial charge in [-0.05, 0) is 0 Å². The van der Waals surface area contributed by atoms with E-state index in [1.807, 2.05) is 0 Å². The Hall–Kier alpha value is -0.230. The Labute approximate surface area is 58.3 Å². The quantitative estimate of drug-likeness (QED) is 0.342. The van der Waals surface area contributed by atoms with Crippen LogP contribution in [0.2, 0.25) is 0 Å². The maximum absolute atomic E-state index is 10.7. The predicted molar refractivity (Wildman–Crippen MR) is 34.3 cm³/mol. The Balaban J connectivity index is 3.81. The van der Waals surface area contributed by atoms with Gasteiger partial charge in [0.2, 0.25) is 0 Å². The molecule has 0 aliphatic carbocycles. The standard InChI is InChI=1S/C3H9N2O4P/c1-2-3-7-10(6,8-4)9-5/h2H,1,3-5H2. The molecule has 7 heteroatoms. The second kappa shape index (κ2) is 4.56. The fraction of sp³-hybridized carbons (Fsp3) is 0.333. The van der Waals surface area contributed by atoms with Crippen LogP contribution in [0.25, 0.3) is 0 Å². The largest absolute Gasteiger partial charge is 0.507 e. The number of nitrogens with two attached hydrogens (primary N) is 2. The first kappa shape index (κ1) is 9.77. The van der Waals surface area contributed by atoms with Crippen molar-refractivity contribution in [1.29, 1.82) is 0 Å². The molecule has 0 radical (unpaired) electrons. The van der Waals surface area contributed by atoms with Crippen LogP contribution in [-0.4, -0.2) is 6.61 Å². The van der Waals surface area contributed by atoms with Crippen LogP contribution in [0.4, 0.5) is 0 Å². The number of hydrogen-bond donors (Lipinski definition) is 2. The average molecular weight is 168 g/mol. The highest BCUT2D eigenvalue weighted by atomic mass is 31.2. The lowest BCUT2D eigenvalue weighted by molar-refractivity contribution is 0.123. The summed E-state index contributed by atoms with van der Waals surface area (Å²) in [7, 11) is -3.71. The summed E-state index contributed by atoms with van der Waals surface area (Å²) in [4.78, 5) is 0. The molecule has 0 fully saturated rings. The Morgan fingerprint density at radius 3 is 2.30 bits per heavy atom. The molecule has 60 valence electrons. The normalized spacial score (nSPS) is 11.4. The van der Waals surface area contributed by atoms with E-state index >= 15 is 0 Å². The molecule has 0 aromatic carbocycles. The summed E-state index contributed by atoms with van der Waals surface area (Å²) in [5, 5.41) is 0. The molecule has 0 amide bonds. The van der Waals surface area contributed by atoms with Crippen molar-refractivity contribution in [2.75, 3.05) is 6.61 Å². The summed E-state index contributed by atoms with van der Waals surface area (Å²) in [5.74, 6) is 9.06. The summed E-state index contributed by atoms with van der Waals surface area (Å²) in [6.07, 6.45) is 1.35. The lowest BCUT2D eigenvalue weighted by Crippen LogP contribution is -2.07. The van der Waals surface area contributed by atoms with Crippen molar-refractivity contribution in [3.8, 4) is 0 Å². The second-order valence-corrected chi connectivity index (χ2v) is 2.82. The van der Waals surface area contributed by atoms with Crippen molar-refractivity contribution in [2.45, 2.75) is 0 Å². The molecule has 0 spiro atoms. The lowest BCUT2D eigenvalue weighted by atomic mass is 10.7. The van der Waals surface area contributed by atoms with Gasteiger partial charge in [-0.25, -0.2) is 16.4 Å². The number of hydrogen-bond acceptors (Lipinski definition) is 6. The van der Waals surface area contributed by atoms with Gasteiger partial charge in [-0.2, -0.15) is 9.25 Å². The molecular weight excluding hydrogens is 159 g/mol. The van der Waals surface area contributed by atoms with Gasteiger partial charge in [0.25, 0.3) is 0 Å². The third kappa shape index (κ3) is 3.07. The Morgan fingerprint density at radius 2 is 2.00 bits per heavy atom. The molecule has 4 N–H and O–H groups in total. The Bertz CT molecular complexity index is 141. The molecule has 0 atom stereocenters. The van der Waals surface area contributed by atoms with Crippen molar-refractivity contribution in [3.05, 3.63) is 12.7 Å². The van der Waals surface area contributed by atoms with Crippen molar-refractivity contribution < 1.29 is 18.3 Å². The van der Waals surface area contributed by atoms with E-state index in [4.69, 9.17) is 0 Å². The topological polar surface area (TPSA) is 96.8 Å². The maximum atomic E-state index is 10.7. The van der Waals surface area contributed by atoms with Gasteiger partial charge in [0.15, 0.2) is 0 Å². The minimum absolute atomic E-state index is 0.00826. The third-order valence-electron chi connectivity index (χ3n) is 0.609. The van der Waals surface area contributed by atoms with Crippen LogP contribution in [0.3, 0.4) is 0 Å². The molecule has 0 saturated heterocycles. The average Bonchev–Trinajstić information content (AvgIpc) is 2.00. The molecule has 0 aromatic rings. The van der Waals surface area contributed by atoms with E-state index in [2.05, 4.69) is 32.1 Å². The van der Waals surface area contributed by atoms with Gasteiger partial charge in [-0.1, -0.05) is 6.08 Å². The van der Waals surface area contributed by atoms with Crippen molar-refractivity contribution >= 4 is 7.82 Å². The first-order valence-electron chi connectivity index (χ1n) is 2.31. The first-order chi connectivity index (χ1) is 4.68. The molecule has 0 aromatic heterocycles. The van der Waals surface area contributed by atoms with Gasteiger partial charge >= 0.3 is 7.82 Å². The molecule has 0 saturated carbocycles.